The number of carbonyl (C=O) groups excluding carboxylic acids is 3. The molecule has 1 heterocycles. The molecule has 182 valence electrons. The van der Waals surface area contributed by atoms with E-state index < -0.39 is 11.9 Å². The molecule has 0 saturated heterocycles. The van der Waals surface area contributed by atoms with Gasteiger partial charge in [0.15, 0.2) is 0 Å². The summed E-state index contributed by atoms with van der Waals surface area (Å²) in [6.45, 7) is 0.483. The lowest BCUT2D eigenvalue weighted by Gasteiger charge is -2.25. The Bertz CT molecular complexity index is 1170. The summed E-state index contributed by atoms with van der Waals surface area (Å²) in [7, 11) is 4.01. The third kappa shape index (κ3) is 6.08. The lowest BCUT2D eigenvalue weighted by molar-refractivity contribution is -0.139. The molecule has 9 heteroatoms. The van der Waals surface area contributed by atoms with Gasteiger partial charge in [0.05, 0.1) is 44.7 Å². The number of benzene rings is 2. The molecule has 1 amide bonds. The molecule has 2 aromatic rings. The highest BCUT2D eigenvalue weighted by atomic mass is 16.5. The molecule has 2 aromatic carbocycles. The van der Waals surface area contributed by atoms with Crippen molar-refractivity contribution < 1.29 is 33.3 Å². The van der Waals surface area contributed by atoms with Crippen molar-refractivity contribution in [2.75, 3.05) is 39.4 Å². The summed E-state index contributed by atoms with van der Waals surface area (Å²) in [6, 6.07) is 13.8. The number of esters is 2. The second kappa shape index (κ2) is 12.1. The van der Waals surface area contributed by atoms with Crippen molar-refractivity contribution >= 4 is 23.5 Å². The van der Waals surface area contributed by atoms with Crippen LogP contribution < -0.4 is 19.7 Å². The van der Waals surface area contributed by atoms with Crippen LogP contribution in [0.5, 0.6) is 11.5 Å². The highest BCUT2D eigenvalue weighted by Gasteiger charge is 2.29. The van der Waals surface area contributed by atoms with Gasteiger partial charge in [-0.2, -0.15) is 0 Å². The summed E-state index contributed by atoms with van der Waals surface area (Å²) >= 11 is 0. The monoisotopic (exact) mass is 478 g/mol. The van der Waals surface area contributed by atoms with Crippen LogP contribution in [0.25, 0.3) is 0 Å². The maximum absolute atomic E-state index is 13.0. The molecule has 1 aliphatic heterocycles. The molecule has 0 atom stereocenters. The molecule has 1 aliphatic rings. The number of carbonyl (C=O) groups is 3. The molecule has 0 bridgehead atoms. The van der Waals surface area contributed by atoms with Crippen LogP contribution >= 0.6 is 0 Å². The second-order valence-electron chi connectivity index (χ2n) is 7.11. The second-order valence-corrected chi connectivity index (χ2v) is 7.11. The van der Waals surface area contributed by atoms with E-state index in [0.717, 1.165) is 5.75 Å². The average Bonchev–Trinajstić information content (AvgIpc) is 3.13. The minimum Gasteiger partial charge on any atom is -0.497 e. The van der Waals surface area contributed by atoms with Crippen LogP contribution in [0.1, 0.15) is 10.4 Å². The van der Waals surface area contributed by atoms with Crippen molar-refractivity contribution in [3.63, 3.8) is 0 Å². The first-order chi connectivity index (χ1) is 17.0. The predicted molar refractivity (Wildman–Crippen MR) is 129 cm³/mol. The number of para-hydroxylation sites is 1. The number of rotatable bonds is 9. The minimum absolute atomic E-state index is 0.00699. The van der Waals surface area contributed by atoms with Crippen molar-refractivity contribution in [3.05, 3.63) is 89.8 Å². The van der Waals surface area contributed by atoms with Gasteiger partial charge in [0, 0.05) is 6.20 Å². The Morgan fingerprint density at radius 2 is 1.54 bits per heavy atom. The highest BCUT2D eigenvalue weighted by Crippen LogP contribution is 2.29. The predicted octanol–water partition coefficient (Wildman–Crippen LogP) is 2.99. The molecular formula is C26H26N2O7. The number of allylic oxidation sites excluding steroid dienone is 2. The largest absolute Gasteiger partial charge is 0.497 e. The van der Waals surface area contributed by atoms with Gasteiger partial charge >= 0.3 is 11.9 Å². The maximum atomic E-state index is 13.0. The first kappa shape index (κ1) is 25.1. The van der Waals surface area contributed by atoms with Gasteiger partial charge in [0.25, 0.3) is 5.91 Å². The van der Waals surface area contributed by atoms with Gasteiger partial charge in [-0.15, -0.1) is 0 Å². The van der Waals surface area contributed by atoms with Crippen molar-refractivity contribution in [2.24, 2.45) is 0 Å². The molecule has 1 N–H and O–H groups in total. The Hall–Kier alpha value is -4.53. The van der Waals surface area contributed by atoms with E-state index >= 15 is 0 Å². The minimum atomic E-state index is -0.760. The number of amides is 1. The van der Waals surface area contributed by atoms with Crippen LogP contribution in [-0.2, 0) is 19.1 Å². The molecule has 0 unspecified atom stereocenters. The van der Waals surface area contributed by atoms with E-state index in [-0.39, 0.29) is 35.9 Å². The van der Waals surface area contributed by atoms with Crippen LogP contribution in [0.4, 0.5) is 5.69 Å². The summed E-state index contributed by atoms with van der Waals surface area (Å²) in [4.78, 5) is 39.5. The Balaban J connectivity index is 1.80. The average molecular weight is 479 g/mol. The zero-order chi connectivity index (χ0) is 25.2. The topological polar surface area (TPSA) is 103 Å². The van der Waals surface area contributed by atoms with Crippen molar-refractivity contribution in [1.29, 1.82) is 0 Å². The number of nitrogens with one attached hydrogen (secondary N) is 1. The van der Waals surface area contributed by atoms with Crippen LogP contribution in [0.15, 0.2) is 84.2 Å². The molecule has 0 aliphatic carbocycles. The van der Waals surface area contributed by atoms with Crippen LogP contribution in [0, 0.1) is 0 Å². The van der Waals surface area contributed by atoms with E-state index in [1.54, 1.807) is 74.0 Å². The number of ether oxygens (including phenoxy) is 4. The molecule has 35 heavy (non-hydrogen) atoms. The normalized spacial score (nSPS) is 12.6. The van der Waals surface area contributed by atoms with Crippen molar-refractivity contribution in [3.8, 4) is 11.5 Å². The zero-order valence-electron chi connectivity index (χ0n) is 19.6. The number of hydrogen-bond donors (Lipinski definition) is 1. The van der Waals surface area contributed by atoms with E-state index in [2.05, 4.69) is 5.32 Å². The molecule has 0 radical (unpaired) electrons. The lowest BCUT2D eigenvalue weighted by Crippen LogP contribution is -2.32. The smallest absolute Gasteiger partial charge is 0.355 e. The number of anilines is 1. The fourth-order valence-electron chi connectivity index (χ4n) is 3.33. The van der Waals surface area contributed by atoms with Crippen LogP contribution in [0.2, 0.25) is 0 Å². The van der Waals surface area contributed by atoms with E-state index in [4.69, 9.17) is 18.9 Å². The number of hydrogen-bond acceptors (Lipinski definition) is 8. The molecule has 0 spiro atoms. The fourth-order valence-corrected chi connectivity index (χ4v) is 3.33. The van der Waals surface area contributed by atoms with E-state index in [1.807, 2.05) is 0 Å². The number of nitrogens with zero attached hydrogens (tertiary/aromatic N) is 1. The lowest BCUT2D eigenvalue weighted by atomic mass is 10.1. The van der Waals surface area contributed by atoms with Gasteiger partial charge in [-0.1, -0.05) is 18.2 Å². The van der Waals surface area contributed by atoms with Gasteiger partial charge in [-0.05, 0) is 48.6 Å². The Morgan fingerprint density at radius 3 is 2.23 bits per heavy atom. The molecular weight excluding hydrogens is 452 g/mol. The quantitative estimate of drug-likeness (QED) is 0.433. The highest BCUT2D eigenvalue weighted by molar-refractivity contribution is 6.07. The van der Waals surface area contributed by atoms with Gasteiger partial charge in [0.1, 0.15) is 23.8 Å². The zero-order valence-corrected chi connectivity index (χ0v) is 19.6. The van der Waals surface area contributed by atoms with Crippen molar-refractivity contribution in [2.45, 2.75) is 0 Å². The summed E-state index contributed by atoms with van der Waals surface area (Å²) < 4.78 is 20.5. The van der Waals surface area contributed by atoms with Gasteiger partial charge in [0.2, 0.25) is 0 Å². The summed E-state index contributed by atoms with van der Waals surface area (Å²) in [5.41, 5.74) is 0.580. The maximum Gasteiger partial charge on any atom is 0.355 e. The third-order valence-corrected chi connectivity index (χ3v) is 5.01. The Labute approximate surface area is 203 Å². The summed E-state index contributed by atoms with van der Waals surface area (Å²) in [5, 5.41) is 2.81. The molecule has 0 aromatic heterocycles. The molecule has 0 saturated carbocycles. The Morgan fingerprint density at radius 1 is 0.857 bits per heavy atom. The SMILES string of the molecule is COC(=O)C1=C(C(=O)OC)N(c2ccccc2C(=O)NCCOc2ccc(OC)cc2)C=CC=C1. The molecule has 9 nitrogen and oxygen atoms in total. The van der Waals surface area contributed by atoms with E-state index in [9.17, 15) is 14.4 Å². The van der Waals surface area contributed by atoms with Crippen LogP contribution in [0.3, 0.4) is 0 Å². The number of methoxy groups -OCH3 is 3. The first-order valence-corrected chi connectivity index (χ1v) is 10.7. The standard InChI is InChI=1S/C26H26N2O7/c1-32-18-11-13-19(14-12-18)35-17-15-27-24(29)20-8-4-5-10-22(20)28-16-7-6-9-21(25(30)33-2)23(28)26(31)34-3/h4-14,16H,15,17H2,1-3H3,(H,27,29). The summed E-state index contributed by atoms with van der Waals surface area (Å²) in [6.07, 6.45) is 6.25. The van der Waals surface area contributed by atoms with Gasteiger partial charge < -0.3 is 29.2 Å². The third-order valence-electron chi connectivity index (χ3n) is 5.01. The van der Waals surface area contributed by atoms with E-state index in [0.29, 0.717) is 11.4 Å². The fraction of sp³-hybridized carbons (Fsp3) is 0.192. The van der Waals surface area contributed by atoms with E-state index in [1.165, 1.54) is 25.2 Å². The van der Waals surface area contributed by atoms with Crippen LogP contribution in [-0.4, -0.2) is 52.3 Å². The van der Waals surface area contributed by atoms with Gasteiger partial charge in [-0.25, -0.2) is 9.59 Å². The van der Waals surface area contributed by atoms with Gasteiger partial charge in [-0.3, -0.25) is 4.79 Å². The molecule has 0 fully saturated rings. The molecule has 3 rings (SSSR count). The van der Waals surface area contributed by atoms with Crippen molar-refractivity contribution in [1.82, 2.24) is 5.32 Å². The first-order valence-electron chi connectivity index (χ1n) is 10.7. The Kier molecular flexibility index (Phi) is 8.66. The summed E-state index contributed by atoms with van der Waals surface area (Å²) in [5.74, 6) is -0.493.